The maximum Gasteiger partial charge on any atom is 0.347 e. The van der Waals surface area contributed by atoms with E-state index in [4.69, 9.17) is 0 Å². The predicted molar refractivity (Wildman–Crippen MR) is 85.9 cm³/mol. The zero-order valence-corrected chi connectivity index (χ0v) is 13.8. The van der Waals surface area contributed by atoms with Crippen molar-refractivity contribution in [2.24, 2.45) is 5.41 Å². The fourth-order valence-electron chi connectivity index (χ4n) is 5.31. The second-order valence-electron chi connectivity index (χ2n) is 7.57. The number of fused-ring (bicyclic) bond motifs is 1. The molecule has 124 valence electrons. The minimum Gasteiger partial charge on any atom is -0.336 e. The van der Waals surface area contributed by atoms with Crippen LogP contribution in [0.4, 0.5) is 0 Å². The molecule has 0 aromatic carbocycles. The topological polar surface area (TPSA) is 58.4 Å². The summed E-state index contributed by atoms with van der Waals surface area (Å²) in [6, 6.07) is 3.04. The number of likely N-dealkylation sites (tertiary alicyclic amines) is 2. The lowest BCUT2D eigenvalue weighted by molar-refractivity contribution is -0.140. The Balaban J connectivity index is 1.61. The zero-order chi connectivity index (χ0) is 16.2. The molecule has 23 heavy (non-hydrogen) atoms. The van der Waals surface area contributed by atoms with Crippen molar-refractivity contribution in [2.75, 3.05) is 13.6 Å². The van der Waals surface area contributed by atoms with Gasteiger partial charge in [0, 0.05) is 42.5 Å². The van der Waals surface area contributed by atoms with Crippen molar-refractivity contribution in [3.8, 4) is 0 Å². The van der Waals surface area contributed by atoms with Gasteiger partial charge in [0.1, 0.15) is 6.54 Å². The van der Waals surface area contributed by atoms with Gasteiger partial charge in [-0.2, -0.15) is 0 Å². The molecule has 0 N–H and O–H groups in total. The van der Waals surface area contributed by atoms with Crippen molar-refractivity contribution >= 4 is 5.91 Å². The van der Waals surface area contributed by atoms with Crippen LogP contribution in [0.15, 0.2) is 23.3 Å². The van der Waals surface area contributed by atoms with Gasteiger partial charge in [-0.1, -0.05) is 6.92 Å². The van der Waals surface area contributed by atoms with Gasteiger partial charge < -0.3 is 4.90 Å². The van der Waals surface area contributed by atoms with E-state index in [1.165, 1.54) is 30.0 Å². The Morgan fingerprint density at radius 2 is 2.17 bits per heavy atom. The Morgan fingerprint density at radius 1 is 1.39 bits per heavy atom. The lowest BCUT2D eigenvalue weighted by Crippen LogP contribution is -2.58. The monoisotopic (exact) mass is 316 g/mol. The van der Waals surface area contributed by atoms with E-state index in [0.29, 0.717) is 18.1 Å². The highest BCUT2D eigenvalue weighted by Crippen LogP contribution is 2.53. The minimum absolute atomic E-state index is 0.0528. The van der Waals surface area contributed by atoms with Crippen molar-refractivity contribution in [2.45, 2.75) is 57.3 Å². The maximum atomic E-state index is 12.9. The molecular formula is C17H24N4O2. The molecule has 0 unspecified atom stereocenters. The fraction of sp³-hybridized carbons (Fsp3) is 0.706. The Kier molecular flexibility index (Phi) is 3.34. The Bertz CT molecular complexity index is 687. The standard InChI is InChI=1S/C17H24N4O2/c1-17-9-12-10-21(14(17)6-3-5-13(17)19(12)2)15(22)11-20-8-4-7-18-16(20)23/h4,7-8,12-14H,3,5-6,9-11H2,1-2H3/t12-,13-,14+,17-/m0/s1. The molecule has 6 nitrogen and oxygen atoms in total. The van der Waals surface area contributed by atoms with Crippen LogP contribution in [0, 0.1) is 5.41 Å². The number of carbonyl (C=O) groups is 1. The first-order valence-electron chi connectivity index (χ1n) is 8.53. The van der Waals surface area contributed by atoms with Crippen molar-refractivity contribution < 1.29 is 4.79 Å². The van der Waals surface area contributed by atoms with Gasteiger partial charge in [0.15, 0.2) is 0 Å². The van der Waals surface area contributed by atoms with Crippen molar-refractivity contribution in [3.05, 3.63) is 28.9 Å². The van der Waals surface area contributed by atoms with Gasteiger partial charge in [0.2, 0.25) is 5.91 Å². The average molecular weight is 316 g/mol. The van der Waals surface area contributed by atoms with Crippen LogP contribution in [0.3, 0.4) is 0 Å². The van der Waals surface area contributed by atoms with E-state index in [-0.39, 0.29) is 23.6 Å². The van der Waals surface area contributed by atoms with Crippen LogP contribution >= 0.6 is 0 Å². The molecule has 3 heterocycles. The SMILES string of the molecule is CN1[C@@H]2CN(C(=O)Cn3cccnc3=O)[C@@H]3CCC[C@H]1[C@]3(C)C2. The Labute approximate surface area is 136 Å². The van der Waals surface area contributed by atoms with E-state index >= 15 is 0 Å². The average Bonchev–Trinajstić information content (AvgIpc) is 2.78. The number of rotatable bonds is 2. The molecule has 1 aromatic heterocycles. The molecule has 2 saturated heterocycles. The molecule has 1 aromatic rings. The molecule has 0 radical (unpaired) electrons. The largest absolute Gasteiger partial charge is 0.347 e. The number of carbonyl (C=O) groups excluding carboxylic acids is 1. The summed E-state index contributed by atoms with van der Waals surface area (Å²) in [4.78, 5) is 33.0. The van der Waals surface area contributed by atoms with Crippen molar-refractivity contribution in [3.63, 3.8) is 0 Å². The second kappa shape index (κ2) is 5.16. The van der Waals surface area contributed by atoms with E-state index in [1.807, 2.05) is 0 Å². The number of aromatic nitrogens is 2. The quantitative estimate of drug-likeness (QED) is 0.806. The van der Waals surface area contributed by atoms with Crippen LogP contribution in [0.1, 0.15) is 32.6 Å². The molecule has 4 rings (SSSR count). The first-order valence-corrected chi connectivity index (χ1v) is 8.53. The van der Waals surface area contributed by atoms with E-state index < -0.39 is 0 Å². The third-order valence-corrected chi connectivity index (χ3v) is 6.41. The summed E-state index contributed by atoms with van der Waals surface area (Å²) in [6.07, 6.45) is 7.80. The highest BCUT2D eigenvalue weighted by atomic mass is 16.2. The summed E-state index contributed by atoms with van der Waals surface area (Å²) >= 11 is 0. The molecule has 2 bridgehead atoms. The number of likely N-dealkylation sites (N-methyl/N-ethyl adjacent to an activating group) is 1. The summed E-state index contributed by atoms with van der Waals surface area (Å²) < 4.78 is 1.41. The molecule has 4 atom stereocenters. The highest BCUT2D eigenvalue weighted by Gasteiger charge is 2.59. The van der Waals surface area contributed by atoms with Crippen LogP contribution in [-0.4, -0.2) is 57.0 Å². The number of amides is 1. The van der Waals surface area contributed by atoms with Gasteiger partial charge >= 0.3 is 5.69 Å². The molecule has 1 saturated carbocycles. The number of hydrogen-bond acceptors (Lipinski definition) is 4. The number of hydrogen-bond donors (Lipinski definition) is 0. The van der Waals surface area contributed by atoms with Gasteiger partial charge in [0.25, 0.3) is 0 Å². The van der Waals surface area contributed by atoms with Gasteiger partial charge in [-0.15, -0.1) is 0 Å². The minimum atomic E-state index is -0.356. The third kappa shape index (κ3) is 2.15. The van der Waals surface area contributed by atoms with E-state index in [0.717, 1.165) is 13.0 Å². The maximum absolute atomic E-state index is 12.9. The van der Waals surface area contributed by atoms with Gasteiger partial charge in [-0.05, 0) is 38.8 Å². The first-order chi connectivity index (χ1) is 11.0. The predicted octanol–water partition coefficient (Wildman–Crippen LogP) is 0.717. The summed E-state index contributed by atoms with van der Waals surface area (Å²) in [6.45, 7) is 3.25. The first kappa shape index (κ1) is 14.9. The van der Waals surface area contributed by atoms with Crippen molar-refractivity contribution in [1.82, 2.24) is 19.4 Å². The van der Waals surface area contributed by atoms with E-state index in [9.17, 15) is 9.59 Å². The van der Waals surface area contributed by atoms with E-state index in [1.54, 1.807) is 12.3 Å². The van der Waals surface area contributed by atoms with Gasteiger partial charge in [0.05, 0.1) is 0 Å². The molecule has 1 amide bonds. The van der Waals surface area contributed by atoms with Crippen LogP contribution in [0.2, 0.25) is 0 Å². The second-order valence-corrected chi connectivity index (χ2v) is 7.57. The molecule has 3 fully saturated rings. The highest BCUT2D eigenvalue weighted by molar-refractivity contribution is 5.77. The van der Waals surface area contributed by atoms with Crippen LogP contribution in [-0.2, 0) is 11.3 Å². The summed E-state index contributed by atoms with van der Waals surface area (Å²) in [7, 11) is 2.21. The summed E-state index contributed by atoms with van der Waals surface area (Å²) in [5.74, 6) is 0.0528. The lowest BCUT2D eigenvalue weighted by atomic mass is 9.66. The molecular weight excluding hydrogens is 292 g/mol. The van der Waals surface area contributed by atoms with Crippen LogP contribution < -0.4 is 5.69 Å². The molecule has 2 aliphatic heterocycles. The third-order valence-electron chi connectivity index (χ3n) is 6.41. The summed E-state index contributed by atoms with van der Waals surface area (Å²) in [5, 5.41) is 0. The molecule has 0 spiro atoms. The zero-order valence-electron chi connectivity index (χ0n) is 13.8. The number of nitrogens with zero attached hydrogens (tertiary/aromatic N) is 4. The van der Waals surface area contributed by atoms with Gasteiger partial charge in [-0.25, -0.2) is 9.78 Å². The fourth-order valence-corrected chi connectivity index (χ4v) is 5.31. The van der Waals surface area contributed by atoms with Crippen LogP contribution in [0.5, 0.6) is 0 Å². The molecule has 3 aliphatic rings. The van der Waals surface area contributed by atoms with Gasteiger partial charge in [-0.3, -0.25) is 14.3 Å². The molecule has 6 heteroatoms. The Hall–Kier alpha value is -1.69. The molecule has 1 aliphatic carbocycles. The smallest absolute Gasteiger partial charge is 0.336 e. The normalized spacial score (nSPS) is 36.3. The number of piperidine rings is 1. The lowest BCUT2D eigenvalue weighted by Gasteiger charge is -2.50. The van der Waals surface area contributed by atoms with E-state index in [2.05, 4.69) is 28.8 Å². The van der Waals surface area contributed by atoms with Crippen molar-refractivity contribution in [1.29, 1.82) is 0 Å². The van der Waals surface area contributed by atoms with Crippen LogP contribution in [0.25, 0.3) is 0 Å². The summed E-state index contributed by atoms with van der Waals surface area (Å²) in [5.41, 5.74) is -0.156. The Morgan fingerprint density at radius 3 is 2.96 bits per heavy atom.